The fourth-order valence-corrected chi connectivity index (χ4v) is 2.87. The van der Waals surface area contributed by atoms with E-state index >= 15 is 4.39 Å². The number of nitrogens with zero attached hydrogens (tertiary/aromatic N) is 2. The second-order valence-electron chi connectivity index (χ2n) is 5.62. The van der Waals surface area contributed by atoms with Gasteiger partial charge in [-0.1, -0.05) is 24.8 Å². The number of rotatable bonds is 3. The predicted molar refractivity (Wildman–Crippen MR) is 93.3 cm³/mol. The van der Waals surface area contributed by atoms with Crippen LogP contribution in [0.1, 0.15) is 18.1 Å². The lowest BCUT2D eigenvalue weighted by atomic mass is 10.0. The first-order chi connectivity index (χ1) is 11.5. The van der Waals surface area contributed by atoms with Crippen molar-refractivity contribution < 1.29 is 9.13 Å². The third kappa shape index (κ3) is 2.29. The first kappa shape index (κ1) is 15.9. The van der Waals surface area contributed by atoms with Gasteiger partial charge in [-0.3, -0.25) is 4.79 Å². The van der Waals surface area contributed by atoms with Crippen LogP contribution < -0.4 is 10.3 Å². The van der Waals surface area contributed by atoms with Crippen molar-refractivity contribution in [3.05, 3.63) is 70.5 Å². The normalized spacial score (nSPS) is 10.8. The number of ether oxygens (including phenoxy) is 1. The van der Waals surface area contributed by atoms with E-state index in [0.717, 1.165) is 4.57 Å². The molecule has 2 aromatic heterocycles. The summed E-state index contributed by atoms with van der Waals surface area (Å²) < 4.78 is 21.6. The summed E-state index contributed by atoms with van der Waals surface area (Å²) >= 11 is 0. The average molecular weight is 324 g/mol. The van der Waals surface area contributed by atoms with Gasteiger partial charge in [0.05, 0.1) is 7.11 Å². The smallest absolute Gasteiger partial charge is 0.265 e. The molecule has 0 radical (unpaired) electrons. The molecule has 0 saturated heterocycles. The molecular formula is C19H17FN2O2. The number of benzene rings is 1. The van der Waals surface area contributed by atoms with Crippen molar-refractivity contribution in [3.8, 4) is 11.6 Å². The Labute approximate surface area is 138 Å². The molecule has 0 spiro atoms. The lowest BCUT2D eigenvalue weighted by Crippen LogP contribution is -2.24. The van der Waals surface area contributed by atoms with E-state index in [4.69, 9.17) is 4.74 Å². The topological polar surface area (TPSA) is 44.1 Å². The molecule has 0 bridgehead atoms. The molecule has 3 rings (SSSR count). The van der Waals surface area contributed by atoms with E-state index in [1.54, 1.807) is 50.4 Å². The van der Waals surface area contributed by atoms with Gasteiger partial charge in [0.15, 0.2) is 0 Å². The number of hydrogen-bond acceptors (Lipinski definition) is 3. The fourth-order valence-electron chi connectivity index (χ4n) is 2.87. The number of allylic oxidation sites excluding steroid dienone is 1. The third-order valence-electron chi connectivity index (χ3n) is 3.97. The van der Waals surface area contributed by atoms with Crippen LogP contribution in [0.5, 0.6) is 5.88 Å². The highest BCUT2D eigenvalue weighted by Gasteiger charge is 2.22. The number of halogens is 1. The van der Waals surface area contributed by atoms with Gasteiger partial charge in [0, 0.05) is 17.1 Å². The Bertz CT molecular complexity index is 1020. The highest BCUT2D eigenvalue weighted by molar-refractivity contribution is 5.92. The zero-order valence-corrected chi connectivity index (χ0v) is 13.8. The monoisotopic (exact) mass is 324 g/mol. The van der Waals surface area contributed by atoms with Crippen LogP contribution in [-0.2, 0) is 0 Å². The first-order valence-electron chi connectivity index (χ1n) is 7.46. The van der Waals surface area contributed by atoms with Gasteiger partial charge in [0.2, 0.25) is 11.8 Å². The minimum Gasteiger partial charge on any atom is -0.479 e. The highest BCUT2D eigenvalue weighted by atomic mass is 19.1. The van der Waals surface area contributed by atoms with E-state index in [0.29, 0.717) is 33.2 Å². The van der Waals surface area contributed by atoms with E-state index in [2.05, 4.69) is 11.6 Å². The number of fused-ring (bicyclic) bond motifs is 1. The quantitative estimate of drug-likeness (QED) is 0.687. The molecule has 122 valence electrons. The number of hydrogen-bond donors (Lipinski definition) is 0. The summed E-state index contributed by atoms with van der Waals surface area (Å²) in [7, 11) is 1.44. The molecule has 4 nitrogen and oxygen atoms in total. The Morgan fingerprint density at radius 3 is 2.54 bits per heavy atom. The zero-order valence-electron chi connectivity index (χ0n) is 13.8. The number of aromatic nitrogens is 2. The van der Waals surface area contributed by atoms with Gasteiger partial charge in [0.25, 0.3) is 5.56 Å². The van der Waals surface area contributed by atoms with Crippen molar-refractivity contribution in [2.45, 2.75) is 13.8 Å². The van der Waals surface area contributed by atoms with Crippen LogP contribution in [0.2, 0.25) is 0 Å². The van der Waals surface area contributed by atoms with Gasteiger partial charge >= 0.3 is 0 Å². The summed E-state index contributed by atoms with van der Waals surface area (Å²) in [6.45, 7) is 7.36. The van der Waals surface area contributed by atoms with Gasteiger partial charge < -0.3 is 4.74 Å². The summed E-state index contributed by atoms with van der Waals surface area (Å²) in [5, 5.41) is 0.964. The Balaban J connectivity index is 2.56. The maximum Gasteiger partial charge on any atom is 0.265 e. The Morgan fingerprint density at radius 1 is 1.25 bits per heavy atom. The molecule has 0 unspecified atom stereocenters. The maximum atomic E-state index is 15.3. The molecule has 0 saturated carbocycles. The molecule has 5 heteroatoms. The summed E-state index contributed by atoms with van der Waals surface area (Å²) in [5.74, 6) is -0.473. The molecule has 0 aliphatic rings. The van der Waals surface area contributed by atoms with E-state index in [-0.39, 0.29) is 5.88 Å². The second kappa shape index (κ2) is 5.92. The molecule has 24 heavy (non-hydrogen) atoms. The minimum atomic E-state index is -0.666. The number of aryl methyl sites for hydroxylation is 1. The lowest BCUT2D eigenvalue weighted by molar-refractivity contribution is 0.392. The molecule has 3 aromatic rings. The summed E-state index contributed by atoms with van der Waals surface area (Å²) in [5.41, 5.74) is 1.39. The Morgan fingerprint density at radius 2 is 1.92 bits per heavy atom. The SMILES string of the molecule is C=C(C)c1c(F)n(-c2c(C)ccnc2OC)c(=O)c2ccccc12. The molecule has 2 heterocycles. The van der Waals surface area contributed by atoms with Crippen molar-refractivity contribution in [2.75, 3.05) is 7.11 Å². The fraction of sp³-hybridized carbons (Fsp3) is 0.158. The molecule has 1 aromatic carbocycles. The van der Waals surface area contributed by atoms with Crippen LogP contribution in [0.15, 0.2) is 47.9 Å². The zero-order chi connectivity index (χ0) is 17.4. The van der Waals surface area contributed by atoms with Crippen molar-refractivity contribution in [1.29, 1.82) is 0 Å². The summed E-state index contributed by atoms with van der Waals surface area (Å²) in [6, 6.07) is 8.63. The molecule has 0 N–H and O–H groups in total. The third-order valence-corrected chi connectivity index (χ3v) is 3.97. The molecule has 0 atom stereocenters. The lowest BCUT2D eigenvalue weighted by Gasteiger charge is -2.17. The van der Waals surface area contributed by atoms with Crippen molar-refractivity contribution in [2.24, 2.45) is 0 Å². The van der Waals surface area contributed by atoms with Crippen LogP contribution in [0.3, 0.4) is 0 Å². The first-order valence-corrected chi connectivity index (χ1v) is 7.46. The van der Waals surface area contributed by atoms with Crippen molar-refractivity contribution >= 4 is 16.3 Å². The molecule has 0 amide bonds. The maximum absolute atomic E-state index is 15.3. The van der Waals surface area contributed by atoms with Gasteiger partial charge in [-0.25, -0.2) is 9.55 Å². The van der Waals surface area contributed by atoms with Gasteiger partial charge in [-0.05, 0) is 42.5 Å². The number of pyridine rings is 2. The molecular weight excluding hydrogens is 307 g/mol. The van der Waals surface area contributed by atoms with E-state index < -0.39 is 11.5 Å². The van der Waals surface area contributed by atoms with Gasteiger partial charge in [-0.15, -0.1) is 0 Å². The van der Waals surface area contributed by atoms with E-state index in [1.807, 2.05) is 0 Å². The molecule has 0 aliphatic heterocycles. The average Bonchev–Trinajstić information content (AvgIpc) is 2.56. The number of methoxy groups -OCH3 is 1. The van der Waals surface area contributed by atoms with Crippen LogP contribution in [0.25, 0.3) is 22.0 Å². The van der Waals surface area contributed by atoms with E-state index in [9.17, 15) is 4.79 Å². The predicted octanol–water partition coefficient (Wildman–Crippen LogP) is 3.87. The van der Waals surface area contributed by atoms with Crippen LogP contribution >= 0.6 is 0 Å². The molecule has 0 aliphatic carbocycles. The highest BCUT2D eigenvalue weighted by Crippen LogP contribution is 2.29. The second-order valence-corrected chi connectivity index (χ2v) is 5.62. The minimum absolute atomic E-state index is 0.193. The summed E-state index contributed by atoms with van der Waals surface area (Å²) in [6.07, 6.45) is 1.56. The van der Waals surface area contributed by atoms with Crippen molar-refractivity contribution in [1.82, 2.24) is 9.55 Å². The summed E-state index contributed by atoms with van der Waals surface area (Å²) in [4.78, 5) is 17.1. The van der Waals surface area contributed by atoms with Crippen molar-refractivity contribution in [3.63, 3.8) is 0 Å². The van der Waals surface area contributed by atoms with Gasteiger partial charge in [-0.2, -0.15) is 4.39 Å². The standard InChI is InChI=1S/C19H17FN2O2/c1-11(2)15-13-7-5-6-8-14(13)19(23)22(17(15)20)16-12(3)9-10-21-18(16)24-4/h5-10H,1H2,2-4H3. The van der Waals surface area contributed by atoms with Gasteiger partial charge in [0.1, 0.15) is 5.69 Å². The molecule has 0 fully saturated rings. The largest absolute Gasteiger partial charge is 0.479 e. The van der Waals surface area contributed by atoms with Crippen LogP contribution in [0, 0.1) is 12.9 Å². The van der Waals surface area contributed by atoms with Crippen LogP contribution in [0.4, 0.5) is 4.39 Å². The Kier molecular flexibility index (Phi) is 3.93. The van der Waals surface area contributed by atoms with Crippen LogP contribution in [-0.4, -0.2) is 16.7 Å². The van der Waals surface area contributed by atoms with E-state index in [1.165, 1.54) is 7.11 Å². The Hall–Kier alpha value is -2.95.